The van der Waals surface area contributed by atoms with Crippen molar-refractivity contribution >= 4 is 22.3 Å². The average molecular weight is 386 g/mol. The van der Waals surface area contributed by atoms with Crippen LogP contribution in [0.1, 0.15) is 5.56 Å². The molecule has 0 fully saturated rings. The van der Waals surface area contributed by atoms with E-state index in [0.29, 0.717) is 27.5 Å². The Morgan fingerprint density at radius 3 is 2.62 bits per heavy atom. The van der Waals surface area contributed by atoms with Crippen LogP contribution in [0.15, 0.2) is 61.1 Å². The van der Waals surface area contributed by atoms with E-state index in [2.05, 4.69) is 16.4 Å². The molecular weight excluding hydrogens is 368 g/mol. The van der Waals surface area contributed by atoms with Crippen molar-refractivity contribution in [2.75, 3.05) is 19.5 Å². The van der Waals surface area contributed by atoms with Gasteiger partial charge in [0.15, 0.2) is 23.9 Å². The van der Waals surface area contributed by atoms with Crippen molar-refractivity contribution in [2.45, 2.75) is 0 Å². The second kappa shape index (κ2) is 7.44. The fraction of sp³-hybridized carbons (Fsp3) is 0.0909. The van der Waals surface area contributed by atoms with Crippen molar-refractivity contribution in [3.63, 3.8) is 0 Å². The summed E-state index contributed by atoms with van der Waals surface area (Å²) < 4.78 is 11.3. The molecule has 7 heteroatoms. The summed E-state index contributed by atoms with van der Waals surface area (Å²) in [5, 5.41) is 26.1. The predicted octanol–water partition coefficient (Wildman–Crippen LogP) is 4.10. The van der Waals surface area contributed by atoms with Gasteiger partial charge in [-0.05, 0) is 42.0 Å². The van der Waals surface area contributed by atoms with Gasteiger partial charge in [-0.2, -0.15) is 9.99 Å². The quantitative estimate of drug-likeness (QED) is 0.398. The number of benzene rings is 2. The fourth-order valence-electron chi connectivity index (χ4n) is 3.28. The Bertz CT molecular complexity index is 1240. The first-order chi connectivity index (χ1) is 14.1. The van der Waals surface area contributed by atoms with E-state index in [1.54, 1.807) is 26.4 Å². The van der Waals surface area contributed by atoms with E-state index >= 15 is 0 Å². The van der Waals surface area contributed by atoms with Gasteiger partial charge in [-0.3, -0.25) is 0 Å². The summed E-state index contributed by atoms with van der Waals surface area (Å²) in [7, 11) is 3.11. The molecule has 0 radical (unpaired) electrons. The van der Waals surface area contributed by atoms with Crippen LogP contribution in [-0.2, 0) is 0 Å². The molecule has 2 aromatic carbocycles. The number of anilines is 2. The van der Waals surface area contributed by atoms with Crippen molar-refractivity contribution in [3.8, 4) is 28.7 Å². The highest BCUT2D eigenvalue weighted by Gasteiger charge is 2.18. The molecule has 0 amide bonds. The number of aromatic amines is 1. The number of methoxy groups -OCH3 is 2. The smallest absolute Gasteiger partial charge is 0.200 e. The van der Waals surface area contributed by atoms with Crippen molar-refractivity contribution in [1.29, 1.82) is 5.26 Å². The van der Waals surface area contributed by atoms with Gasteiger partial charge < -0.3 is 25.0 Å². The molecule has 2 heterocycles. The second-order valence-electron chi connectivity index (χ2n) is 6.41. The molecule has 0 aliphatic heterocycles. The van der Waals surface area contributed by atoms with Crippen LogP contribution in [0.25, 0.3) is 22.0 Å². The summed E-state index contributed by atoms with van der Waals surface area (Å²) in [6.45, 7) is 0. The zero-order valence-electron chi connectivity index (χ0n) is 15.9. The van der Waals surface area contributed by atoms with Crippen LogP contribution in [0, 0.1) is 16.5 Å². The molecule has 29 heavy (non-hydrogen) atoms. The summed E-state index contributed by atoms with van der Waals surface area (Å²) in [4.78, 5) is 3.15. The highest BCUT2D eigenvalue weighted by molar-refractivity contribution is 5.88. The average Bonchev–Trinajstić information content (AvgIpc) is 3.22. The number of nitrogens with zero attached hydrogens (tertiary/aromatic N) is 2. The largest absolute Gasteiger partial charge is 0.619 e. The van der Waals surface area contributed by atoms with E-state index in [0.717, 1.165) is 22.2 Å². The molecular formula is C22H18N4O3. The zero-order valence-corrected chi connectivity index (χ0v) is 15.9. The maximum Gasteiger partial charge on any atom is 0.200 e. The van der Waals surface area contributed by atoms with Gasteiger partial charge >= 0.3 is 0 Å². The highest BCUT2D eigenvalue weighted by atomic mass is 16.5. The third kappa shape index (κ3) is 3.39. The first-order valence-corrected chi connectivity index (χ1v) is 8.86. The number of H-pyrrole nitrogens is 1. The lowest BCUT2D eigenvalue weighted by Crippen LogP contribution is -2.26. The monoisotopic (exact) mass is 386 g/mol. The van der Waals surface area contributed by atoms with E-state index in [-0.39, 0.29) is 5.56 Å². The lowest BCUT2D eigenvalue weighted by atomic mass is 10.0. The molecule has 2 N–H and O–H groups in total. The van der Waals surface area contributed by atoms with Gasteiger partial charge in [0, 0.05) is 22.8 Å². The lowest BCUT2D eigenvalue weighted by molar-refractivity contribution is -0.604. The number of hydrogen-bond donors (Lipinski definition) is 2. The van der Waals surface area contributed by atoms with E-state index in [4.69, 9.17) is 9.47 Å². The van der Waals surface area contributed by atoms with Gasteiger partial charge in [0.05, 0.1) is 25.5 Å². The molecule has 144 valence electrons. The SMILES string of the molecule is COc1ccc(-c2c[n+]([O-])cc(C#N)c2Nc2ccc3[nH]ccc3c2)cc1OC. The summed E-state index contributed by atoms with van der Waals surface area (Å²) in [5.74, 6) is 1.11. The van der Waals surface area contributed by atoms with E-state index in [1.165, 1.54) is 12.4 Å². The number of rotatable bonds is 5. The maximum absolute atomic E-state index is 12.1. The Labute approximate surface area is 167 Å². The van der Waals surface area contributed by atoms with Crippen LogP contribution in [0.3, 0.4) is 0 Å². The number of pyridine rings is 1. The first-order valence-electron chi connectivity index (χ1n) is 8.86. The number of hydrogen-bond acceptors (Lipinski definition) is 5. The van der Waals surface area contributed by atoms with Crippen molar-refractivity contribution < 1.29 is 14.2 Å². The number of fused-ring (bicyclic) bond motifs is 1. The molecule has 0 atom stereocenters. The van der Waals surface area contributed by atoms with E-state index in [9.17, 15) is 10.5 Å². The minimum atomic E-state index is 0.237. The van der Waals surface area contributed by atoms with Gasteiger partial charge in [-0.1, -0.05) is 6.07 Å². The van der Waals surface area contributed by atoms with Crippen LogP contribution < -0.4 is 19.5 Å². The lowest BCUT2D eigenvalue weighted by Gasteiger charge is -2.15. The molecule has 0 saturated carbocycles. The molecule has 4 rings (SSSR count). The third-order valence-corrected chi connectivity index (χ3v) is 4.69. The molecule has 0 saturated heterocycles. The van der Waals surface area contributed by atoms with Crippen LogP contribution in [-0.4, -0.2) is 19.2 Å². The van der Waals surface area contributed by atoms with Gasteiger partial charge in [0.2, 0.25) is 0 Å². The summed E-state index contributed by atoms with van der Waals surface area (Å²) >= 11 is 0. The zero-order chi connectivity index (χ0) is 20.4. The van der Waals surface area contributed by atoms with Gasteiger partial charge in [0.1, 0.15) is 11.6 Å². The minimum absolute atomic E-state index is 0.237. The van der Waals surface area contributed by atoms with Crippen LogP contribution in [0.5, 0.6) is 11.5 Å². The van der Waals surface area contributed by atoms with Crippen LogP contribution in [0.2, 0.25) is 0 Å². The summed E-state index contributed by atoms with van der Waals surface area (Å²) in [6, 6.07) is 15.3. The van der Waals surface area contributed by atoms with Crippen LogP contribution in [0.4, 0.5) is 11.4 Å². The van der Waals surface area contributed by atoms with E-state index in [1.807, 2.05) is 36.5 Å². The Hall–Kier alpha value is -4.18. The van der Waals surface area contributed by atoms with Crippen molar-refractivity contribution in [3.05, 3.63) is 71.8 Å². The number of nitriles is 1. The predicted molar refractivity (Wildman–Crippen MR) is 110 cm³/mol. The topological polar surface area (TPSA) is 97.0 Å². The van der Waals surface area contributed by atoms with Crippen molar-refractivity contribution in [2.24, 2.45) is 0 Å². The maximum atomic E-state index is 12.1. The first kappa shape index (κ1) is 18.2. The van der Waals surface area contributed by atoms with E-state index < -0.39 is 0 Å². The standard InChI is InChI=1S/C22H18N4O3/c1-28-20-6-3-14(10-21(20)29-2)18-13-26(27)12-16(11-23)22(18)25-17-4-5-19-15(9-17)7-8-24-19/h3-10,12-13,24-25H,1-2H3. The minimum Gasteiger partial charge on any atom is -0.619 e. The Kier molecular flexibility index (Phi) is 4.67. The molecule has 2 aromatic heterocycles. The molecule has 4 aromatic rings. The molecule has 0 aliphatic carbocycles. The molecule has 0 aliphatic rings. The van der Waals surface area contributed by atoms with Crippen LogP contribution >= 0.6 is 0 Å². The van der Waals surface area contributed by atoms with Gasteiger partial charge in [-0.15, -0.1) is 0 Å². The van der Waals surface area contributed by atoms with Crippen molar-refractivity contribution in [1.82, 2.24) is 4.98 Å². The molecule has 0 unspecified atom stereocenters. The molecule has 0 spiro atoms. The Morgan fingerprint density at radius 1 is 1.03 bits per heavy atom. The van der Waals surface area contributed by atoms with Gasteiger partial charge in [-0.25, -0.2) is 0 Å². The highest BCUT2D eigenvalue weighted by Crippen LogP contribution is 2.37. The Morgan fingerprint density at radius 2 is 1.86 bits per heavy atom. The third-order valence-electron chi connectivity index (χ3n) is 4.69. The second-order valence-corrected chi connectivity index (χ2v) is 6.41. The Balaban J connectivity index is 1.86. The number of ether oxygens (including phenoxy) is 2. The van der Waals surface area contributed by atoms with Gasteiger partial charge in [0.25, 0.3) is 0 Å². The molecule has 7 nitrogen and oxygen atoms in total. The summed E-state index contributed by atoms with van der Waals surface area (Å²) in [5.41, 5.74) is 3.90. The molecule has 0 bridgehead atoms. The number of nitrogens with one attached hydrogen (secondary N) is 2. The number of aromatic nitrogens is 2. The fourth-order valence-corrected chi connectivity index (χ4v) is 3.28. The summed E-state index contributed by atoms with van der Waals surface area (Å²) in [6.07, 6.45) is 4.55. The normalized spacial score (nSPS) is 10.5.